The van der Waals surface area contributed by atoms with Crippen LogP contribution in [-0.4, -0.2) is 0 Å². The average Bonchev–Trinajstić information content (AvgIpc) is 3.30. The van der Waals surface area contributed by atoms with Gasteiger partial charge in [0, 0.05) is 9.79 Å². The number of hydrogen-bond donors (Lipinski definition) is 0. The van der Waals surface area contributed by atoms with Crippen molar-refractivity contribution in [2.75, 3.05) is 0 Å². The Kier molecular flexibility index (Phi) is 35.9. The number of unbranched alkanes of at least 4 members (excludes halogenated alkanes) is 20. The summed E-state index contributed by atoms with van der Waals surface area (Å²) >= 11 is 13.4. The maximum absolute atomic E-state index is 13.3. The van der Waals surface area contributed by atoms with Crippen LogP contribution in [0, 0.1) is 0 Å². The first-order chi connectivity index (χ1) is 32.1. The zero-order chi connectivity index (χ0) is 47.6. The van der Waals surface area contributed by atoms with Crippen LogP contribution < -0.4 is 18.8 Å². The Labute approximate surface area is 440 Å². The third kappa shape index (κ3) is 28.6. The first-order valence-electron chi connectivity index (χ1n) is 25.8. The number of hydrogen-bond acceptors (Lipinski definition) is 8. The Morgan fingerprint density at radius 1 is 0.358 bits per heavy atom. The van der Waals surface area contributed by atoms with Crippen LogP contribution in [0.15, 0.2) is 107 Å². The summed E-state index contributed by atoms with van der Waals surface area (Å²) in [6, 6.07) is 32.3. The monoisotopic (exact) mass is 1070 g/mol. The molecule has 0 fully saturated rings. The van der Waals surface area contributed by atoms with E-state index in [-0.39, 0.29) is 19.5 Å². The number of benzene rings is 4. The van der Waals surface area contributed by atoms with Crippen molar-refractivity contribution in [1.29, 1.82) is 0 Å². The van der Waals surface area contributed by atoms with Gasteiger partial charge in [0.25, 0.3) is 0 Å². The Bertz CT molecular complexity index is 1700. The quantitative estimate of drug-likeness (QED) is 0.0254. The average molecular weight is 1080 g/mol. The fraction of sp³-hybridized carbons (Fsp3) is 0.571. The second kappa shape index (κ2) is 38.7. The molecule has 2 atom stereocenters. The minimum atomic E-state index is -3.30. The smallest absolute Gasteiger partial charge is 0.783 e. The molecule has 0 spiro atoms. The molecule has 0 saturated carbocycles. The molecule has 11 heteroatoms. The number of rotatable bonds is 36. The molecule has 4 rings (SSSR count). The van der Waals surface area contributed by atoms with Gasteiger partial charge >= 0.3 is 19.5 Å². The molecule has 4 aromatic rings. The van der Waals surface area contributed by atoms with Gasteiger partial charge in [-0.3, -0.25) is 0 Å². The minimum absolute atomic E-state index is 0. The zero-order valence-electron chi connectivity index (χ0n) is 41.9. The van der Waals surface area contributed by atoms with Gasteiger partial charge in [-0.05, 0) is 97.9 Å². The van der Waals surface area contributed by atoms with E-state index in [0.717, 1.165) is 72.3 Å². The van der Waals surface area contributed by atoms with E-state index < -0.39 is 11.4 Å². The van der Waals surface area contributed by atoms with Crippen molar-refractivity contribution in [3.8, 4) is 11.5 Å². The molecule has 4 aromatic carbocycles. The third-order valence-electron chi connectivity index (χ3n) is 11.9. The summed E-state index contributed by atoms with van der Waals surface area (Å²) in [4.78, 5) is 28.6. The first kappa shape index (κ1) is 62.1. The summed E-state index contributed by atoms with van der Waals surface area (Å²) in [6.45, 7) is 8.98. The van der Waals surface area contributed by atoms with Crippen molar-refractivity contribution in [3.63, 3.8) is 0 Å². The van der Waals surface area contributed by atoms with E-state index in [1.807, 2.05) is 60.7 Å². The standard InChI is InChI=1S/2C28H43O2PS2.Zn/c2*1-3-5-7-9-11-13-19-25-20-15-17-23-27(25)30-31(29,32)33-28-24-18-16-22-26(28)21-14-12-10-8-6-4-2;/h2*15-18,20,22-24H,3-14,19,21H2,1-2H3,(H,29,32);/q;;+2/p-2. The zero-order valence-corrected chi connectivity index (χ0v) is 49.9. The van der Waals surface area contributed by atoms with Crippen molar-refractivity contribution in [3.05, 3.63) is 119 Å². The largest absolute Gasteiger partial charge is 2.00 e. The summed E-state index contributed by atoms with van der Waals surface area (Å²) in [5.74, 6) is 1.37. The van der Waals surface area contributed by atoms with Crippen LogP contribution in [0.3, 0.4) is 0 Å². The van der Waals surface area contributed by atoms with E-state index in [9.17, 15) is 9.79 Å². The van der Waals surface area contributed by atoms with Gasteiger partial charge in [0.1, 0.15) is 22.9 Å². The molecular weight excluding hydrogens is 992 g/mol. The first-order valence-corrected chi connectivity index (χ1v) is 33.9. The van der Waals surface area contributed by atoms with Crippen molar-refractivity contribution in [2.45, 2.75) is 217 Å². The van der Waals surface area contributed by atoms with Crippen molar-refractivity contribution in [2.24, 2.45) is 0 Å². The topological polar surface area (TPSA) is 64.6 Å². The Hall–Kier alpha value is -0.977. The van der Waals surface area contributed by atoms with E-state index in [0.29, 0.717) is 11.5 Å². The molecule has 0 heterocycles. The van der Waals surface area contributed by atoms with Crippen LogP contribution >= 0.6 is 34.2 Å². The maximum atomic E-state index is 13.3. The van der Waals surface area contributed by atoms with E-state index in [1.54, 1.807) is 0 Å². The second-order valence-corrected chi connectivity index (χ2v) is 29.4. The van der Waals surface area contributed by atoms with Crippen LogP contribution in [-0.2, 0) is 68.8 Å². The van der Waals surface area contributed by atoms with E-state index in [2.05, 4.69) is 64.1 Å². The normalized spacial score (nSPS) is 12.9. The Morgan fingerprint density at radius 2 is 0.597 bits per heavy atom. The van der Waals surface area contributed by atoms with E-state index in [1.165, 1.54) is 162 Å². The van der Waals surface area contributed by atoms with Gasteiger partial charge in [-0.25, -0.2) is 0 Å². The molecule has 0 N–H and O–H groups in total. The van der Waals surface area contributed by atoms with Gasteiger partial charge in [-0.2, -0.15) is 0 Å². The van der Waals surface area contributed by atoms with Gasteiger partial charge < -0.3 is 18.8 Å². The molecule has 67 heavy (non-hydrogen) atoms. The SMILES string of the molecule is CCCCCCCCc1ccccc1OP([O-])(=S)Sc1ccccc1CCCCCCCC.CCCCCCCCc1ccccc1OP([O-])(=S)Sc1ccccc1CCCCCCCC.[Zn+2]. The van der Waals surface area contributed by atoms with Crippen molar-refractivity contribution < 1.29 is 38.3 Å². The van der Waals surface area contributed by atoms with Crippen molar-refractivity contribution in [1.82, 2.24) is 0 Å². The Balaban J connectivity index is 0.000000453. The van der Waals surface area contributed by atoms with Gasteiger partial charge in [0.05, 0.1) is 0 Å². The molecule has 0 aliphatic heterocycles. The van der Waals surface area contributed by atoms with Crippen LogP contribution in [0.25, 0.3) is 0 Å². The third-order valence-corrected chi connectivity index (χ3v) is 19.2. The molecule has 0 bridgehead atoms. The molecule has 4 nitrogen and oxygen atoms in total. The fourth-order valence-electron chi connectivity index (χ4n) is 8.10. The van der Waals surface area contributed by atoms with Gasteiger partial charge in [-0.1, -0.05) is 275 Å². The van der Waals surface area contributed by atoms with E-state index in [4.69, 9.17) is 32.7 Å². The van der Waals surface area contributed by atoms with Crippen molar-refractivity contribution >= 4 is 57.8 Å². The van der Waals surface area contributed by atoms with E-state index >= 15 is 0 Å². The molecule has 0 radical (unpaired) electrons. The van der Waals surface area contributed by atoms with Crippen LogP contribution in [0.2, 0.25) is 0 Å². The van der Waals surface area contributed by atoms with Gasteiger partial charge in [0.2, 0.25) is 0 Å². The Morgan fingerprint density at radius 3 is 0.910 bits per heavy atom. The molecule has 0 amide bonds. The predicted octanol–water partition coefficient (Wildman–Crippen LogP) is 18.5. The number of aryl methyl sites for hydroxylation is 4. The summed E-state index contributed by atoms with van der Waals surface area (Å²) in [5.41, 5.74) is -1.92. The van der Waals surface area contributed by atoms with Gasteiger partial charge in [0.15, 0.2) is 0 Å². The molecule has 0 aromatic heterocycles. The molecular formula is C56H84O4P2S4Zn. The maximum Gasteiger partial charge on any atom is 2.00 e. The summed E-state index contributed by atoms with van der Waals surface area (Å²) in [6.07, 6.45) is 34.1. The van der Waals surface area contributed by atoms with Crippen LogP contribution in [0.1, 0.15) is 204 Å². The predicted molar refractivity (Wildman–Crippen MR) is 296 cm³/mol. The molecule has 368 valence electrons. The van der Waals surface area contributed by atoms with Crippen LogP contribution in [0.5, 0.6) is 11.5 Å². The fourth-order valence-corrected chi connectivity index (χ4v) is 15.5. The van der Waals surface area contributed by atoms with Crippen LogP contribution in [0.4, 0.5) is 0 Å². The summed E-state index contributed by atoms with van der Waals surface area (Å²) < 4.78 is 12.0. The summed E-state index contributed by atoms with van der Waals surface area (Å²) in [5, 5.41) is 0. The minimum Gasteiger partial charge on any atom is -0.783 e. The summed E-state index contributed by atoms with van der Waals surface area (Å²) in [7, 11) is 0. The van der Waals surface area contributed by atoms with Gasteiger partial charge in [-0.15, -0.1) is 0 Å². The molecule has 2 unspecified atom stereocenters. The molecule has 0 saturated heterocycles. The second-order valence-electron chi connectivity index (χ2n) is 17.8. The molecule has 0 aliphatic carbocycles. The number of para-hydroxylation sites is 2. The molecule has 0 aliphatic rings.